The van der Waals surface area contributed by atoms with Gasteiger partial charge in [-0.2, -0.15) is 0 Å². The summed E-state index contributed by atoms with van der Waals surface area (Å²) in [5, 5.41) is 4.99. The maximum Gasteiger partial charge on any atom is 0.0467 e. The summed E-state index contributed by atoms with van der Waals surface area (Å²) in [4.78, 5) is 2.44. The Kier molecular flexibility index (Phi) is 10.4. The molecule has 0 saturated heterocycles. The lowest BCUT2D eigenvalue weighted by Crippen LogP contribution is -2.22. The summed E-state index contributed by atoms with van der Waals surface area (Å²) in [5.41, 5.74) is 21.5. The summed E-state index contributed by atoms with van der Waals surface area (Å²) < 4.78 is 0. The molecule has 334 valence electrons. The standard InChI is InChI=1S/C70H49N/c1-70(56-26-12-5-13-27-56)66-32-17-16-30-62(66)63-44-42-59(47-67(63)70)71(57-40-37-51(38-41-57)50-35-33-49(34-36-50)48-19-6-2-7-20-48)58-28-18-25-54(45-58)55-39-43-61-60-29-14-15-31-64(60)68(52-21-8-3-9-22-52)69(65(61)46-55)53-23-10-4-11-24-53/h2-47H,1H3. The molecule has 0 aliphatic heterocycles. The molecular formula is C70H49N. The summed E-state index contributed by atoms with van der Waals surface area (Å²) >= 11 is 0. The molecule has 1 atom stereocenters. The molecule has 0 bridgehead atoms. The van der Waals surface area contributed by atoms with E-state index in [1.807, 2.05) is 0 Å². The van der Waals surface area contributed by atoms with Crippen LogP contribution in [0, 0.1) is 0 Å². The molecule has 0 radical (unpaired) electrons. The number of nitrogens with zero attached hydrogens (tertiary/aromatic N) is 1. The number of rotatable bonds is 9. The summed E-state index contributed by atoms with van der Waals surface area (Å²) in [6.45, 7) is 2.40. The Morgan fingerprint density at radius 1 is 0.254 bits per heavy atom. The zero-order chi connectivity index (χ0) is 47.3. The summed E-state index contributed by atoms with van der Waals surface area (Å²) in [6, 6.07) is 103. The fraction of sp³-hybridized carbons (Fsp3) is 0.0286. The SMILES string of the molecule is CC1(c2ccccc2)c2ccccc2-c2ccc(N(c3ccc(-c4ccc(-c5ccccc5)cc4)cc3)c3cccc(-c4ccc5c(c4)c(-c4ccccc4)c(-c4ccccc4)c4ccccc45)c3)cc21. The van der Waals surface area contributed by atoms with Gasteiger partial charge in [0, 0.05) is 22.5 Å². The number of fused-ring (bicyclic) bond motifs is 6. The highest BCUT2D eigenvalue weighted by molar-refractivity contribution is 6.22. The molecule has 1 aliphatic rings. The van der Waals surface area contributed by atoms with Crippen molar-refractivity contribution in [2.24, 2.45) is 0 Å². The molecule has 71 heavy (non-hydrogen) atoms. The van der Waals surface area contributed by atoms with Crippen molar-refractivity contribution in [1.29, 1.82) is 0 Å². The van der Waals surface area contributed by atoms with Gasteiger partial charge >= 0.3 is 0 Å². The molecule has 1 heteroatoms. The van der Waals surface area contributed by atoms with Crippen molar-refractivity contribution in [3.8, 4) is 66.8 Å². The van der Waals surface area contributed by atoms with Gasteiger partial charge in [0.15, 0.2) is 0 Å². The van der Waals surface area contributed by atoms with Gasteiger partial charge in [0.05, 0.1) is 0 Å². The van der Waals surface area contributed by atoms with Crippen LogP contribution in [0.5, 0.6) is 0 Å². The smallest absolute Gasteiger partial charge is 0.0467 e. The fourth-order valence-electron chi connectivity index (χ4n) is 11.4. The minimum atomic E-state index is -0.336. The zero-order valence-electron chi connectivity index (χ0n) is 39.5. The van der Waals surface area contributed by atoms with Crippen LogP contribution in [0.1, 0.15) is 23.6 Å². The van der Waals surface area contributed by atoms with Gasteiger partial charge in [0.1, 0.15) is 0 Å². The Morgan fingerprint density at radius 2 is 0.690 bits per heavy atom. The Labute approximate surface area is 416 Å². The summed E-state index contributed by atoms with van der Waals surface area (Å²) in [6.07, 6.45) is 0. The van der Waals surface area contributed by atoms with Gasteiger partial charge in [0.25, 0.3) is 0 Å². The van der Waals surface area contributed by atoms with E-state index in [0.29, 0.717) is 0 Å². The highest BCUT2D eigenvalue weighted by Gasteiger charge is 2.41. The highest BCUT2D eigenvalue weighted by atomic mass is 15.1. The van der Waals surface area contributed by atoms with E-state index in [9.17, 15) is 0 Å². The van der Waals surface area contributed by atoms with E-state index in [0.717, 1.165) is 22.6 Å². The number of hydrogen-bond acceptors (Lipinski definition) is 1. The van der Waals surface area contributed by atoms with Gasteiger partial charge in [-0.25, -0.2) is 0 Å². The maximum atomic E-state index is 2.45. The lowest BCUT2D eigenvalue weighted by molar-refractivity contribution is 0.714. The molecule has 13 rings (SSSR count). The van der Waals surface area contributed by atoms with E-state index in [-0.39, 0.29) is 5.41 Å². The normalized spacial score (nSPS) is 13.8. The quantitative estimate of drug-likeness (QED) is 0.130. The first kappa shape index (κ1) is 42.1. The van der Waals surface area contributed by atoms with E-state index in [2.05, 4.69) is 291 Å². The third kappa shape index (κ3) is 7.25. The molecule has 0 spiro atoms. The molecule has 1 aliphatic carbocycles. The molecular weight excluding hydrogens is 855 g/mol. The average molecular weight is 904 g/mol. The number of anilines is 3. The van der Waals surface area contributed by atoms with E-state index in [4.69, 9.17) is 0 Å². The first-order valence-electron chi connectivity index (χ1n) is 24.7. The second kappa shape index (κ2) is 17.5. The lowest BCUT2D eigenvalue weighted by Gasteiger charge is -2.31. The molecule has 12 aromatic carbocycles. The van der Waals surface area contributed by atoms with Crippen molar-refractivity contribution in [2.45, 2.75) is 12.3 Å². The van der Waals surface area contributed by atoms with Crippen LogP contribution >= 0.6 is 0 Å². The molecule has 0 fully saturated rings. The van der Waals surface area contributed by atoms with Crippen LogP contribution in [0.3, 0.4) is 0 Å². The maximum absolute atomic E-state index is 2.45. The third-order valence-electron chi connectivity index (χ3n) is 14.9. The van der Waals surface area contributed by atoms with E-state index in [1.54, 1.807) is 0 Å². The van der Waals surface area contributed by atoms with Crippen LogP contribution in [-0.2, 0) is 5.41 Å². The first-order chi connectivity index (χ1) is 35.1. The number of hydrogen-bond donors (Lipinski definition) is 0. The Bertz CT molecular complexity index is 3900. The van der Waals surface area contributed by atoms with Crippen LogP contribution in [0.4, 0.5) is 17.1 Å². The molecule has 0 amide bonds. The van der Waals surface area contributed by atoms with Crippen LogP contribution in [0.2, 0.25) is 0 Å². The second-order valence-electron chi connectivity index (χ2n) is 18.9. The lowest BCUT2D eigenvalue weighted by atomic mass is 9.74. The van der Waals surface area contributed by atoms with E-state index < -0.39 is 0 Å². The van der Waals surface area contributed by atoms with Crippen molar-refractivity contribution >= 4 is 38.6 Å². The molecule has 12 aromatic rings. The van der Waals surface area contributed by atoms with Gasteiger partial charge in [-0.1, -0.05) is 237 Å². The summed E-state index contributed by atoms with van der Waals surface area (Å²) in [5.74, 6) is 0. The molecule has 1 unspecified atom stereocenters. The molecule has 0 saturated carbocycles. The van der Waals surface area contributed by atoms with Gasteiger partial charge < -0.3 is 4.90 Å². The Morgan fingerprint density at radius 3 is 1.35 bits per heavy atom. The van der Waals surface area contributed by atoms with Crippen LogP contribution in [-0.4, -0.2) is 0 Å². The highest BCUT2D eigenvalue weighted by Crippen LogP contribution is 2.54. The minimum absolute atomic E-state index is 0.336. The largest absolute Gasteiger partial charge is 0.310 e. The second-order valence-corrected chi connectivity index (χ2v) is 18.9. The molecule has 0 heterocycles. The van der Waals surface area contributed by atoms with Gasteiger partial charge in [-0.15, -0.1) is 0 Å². The number of benzene rings is 12. The van der Waals surface area contributed by atoms with Crippen molar-refractivity contribution in [2.75, 3.05) is 4.90 Å². The van der Waals surface area contributed by atoms with Crippen LogP contribution in [0.25, 0.3) is 88.3 Å². The Hall–Kier alpha value is -9.04. The summed E-state index contributed by atoms with van der Waals surface area (Å²) in [7, 11) is 0. The Balaban J connectivity index is 0.976. The molecule has 1 nitrogen and oxygen atoms in total. The van der Waals surface area contributed by atoms with Gasteiger partial charge in [-0.3, -0.25) is 0 Å². The first-order valence-corrected chi connectivity index (χ1v) is 24.7. The predicted molar refractivity (Wildman–Crippen MR) is 301 cm³/mol. The topological polar surface area (TPSA) is 3.24 Å². The van der Waals surface area contributed by atoms with Crippen molar-refractivity contribution in [3.05, 3.63) is 296 Å². The third-order valence-corrected chi connectivity index (χ3v) is 14.9. The molecule has 0 N–H and O–H groups in total. The van der Waals surface area contributed by atoms with Gasteiger partial charge in [0.2, 0.25) is 0 Å². The minimum Gasteiger partial charge on any atom is -0.310 e. The van der Waals surface area contributed by atoms with E-state index >= 15 is 0 Å². The fourth-order valence-corrected chi connectivity index (χ4v) is 11.4. The zero-order valence-corrected chi connectivity index (χ0v) is 39.5. The molecule has 0 aromatic heterocycles. The van der Waals surface area contributed by atoms with Crippen molar-refractivity contribution in [3.63, 3.8) is 0 Å². The predicted octanol–water partition coefficient (Wildman–Crippen LogP) is 19.1. The van der Waals surface area contributed by atoms with E-state index in [1.165, 1.54) is 99.4 Å². The van der Waals surface area contributed by atoms with Crippen LogP contribution in [0.15, 0.2) is 279 Å². The van der Waals surface area contributed by atoms with Crippen molar-refractivity contribution < 1.29 is 0 Å². The monoisotopic (exact) mass is 903 g/mol. The van der Waals surface area contributed by atoms with Crippen molar-refractivity contribution in [1.82, 2.24) is 0 Å². The van der Waals surface area contributed by atoms with Gasteiger partial charge in [-0.05, 0) is 154 Å². The van der Waals surface area contributed by atoms with Crippen LogP contribution < -0.4 is 4.90 Å². The average Bonchev–Trinajstić information content (AvgIpc) is 3.71.